The molecule has 0 aliphatic rings. The van der Waals surface area contributed by atoms with Crippen LogP contribution in [0, 0.1) is 17.3 Å². The van der Waals surface area contributed by atoms with Gasteiger partial charge in [-0.05, 0) is 55.5 Å². The number of halogens is 1. The van der Waals surface area contributed by atoms with E-state index >= 15 is 0 Å². The minimum atomic E-state index is -0.565. The molecule has 0 radical (unpaired) electrons. The third-order valence-corrected chi connectivity index (χ3v) is 4.98. The monoisotopic (exact) mass is 363 g/mol. The van der Waals surface area contributed by atoms with E-state index in [1.807, 2.05) is 37.3 Å². The number of nitrogens with zero attached hydrogens (tertiary/aromatic N) is 3. The molecule has 3 rings (SSSR count). The maximum Gasteiger partial charge on any atom is 0.213 e. The van der Waals surface area contributed by atoms with Gasteiger partial charge in [-0.25, -0.2) is 4.98 Å². The molecular weight excluding hydrogens is 345 g/mol. The van der Waals surface area contributed by atoms with E-state index in [-0.39, 0.29) is 0 Å². The third-order valence-electron chi connectivity index (χ3n) is 3.96. The van der Waals surface area contributed by atoms with Crippen molar-refractivity contribution >= 4 is 17.4 Å². The predicted octanol–water partition coefficient (Wildman–Crippen LogP) is 5.27. The summed E-state index contributed by atoms with van der Waals surface area (Å²) in [4.78, 5) is 8.31. The summed E-state index contributed by atoms with van der Waals surface area (Å²) in [6.07, 6.45) is 0. The summed E-state index contributed by atoms with van der Waals surface area (Å²) >= 11 is 1.70. The van der Waals surface area contributed by atoms with Crippen LogP contribution in [0.15, 0.2) is 76.5 Å². The van der Waals surface area contributed by atoms with E-state index in [4.69, 9.17) is 0 Å². The molecule has 0 bridgehead atoms. The van der Waals surface area contributed by atoms with E-state index in [1.54, 1.807) is 11.8 Å². The average Bonchev–Trinajstić information content (AvgIpc) is 2.68. The summed E-state index contributed by atoms with van der Waals surface area (Å²) in [6.45, 7) is 3.15. The summed E-state index contributed by atoms with van der Waals surface area (Å²) in [5.74, 6) is -0.565. The Hall–Kier alpha value is -2.84. The van der Waals surface area contributed by atoms with Crippen LogP contribution >= 0.6 is 11.8 Å². The van der Waals surface area contributed by atoms with Crippen LogP contribution in [0.4, 0.5) is 10.1 Å². The molecule has 0 unspecified atom stereocenters. The highest BCUT2D eigenvalue weighted by atomic mass is 32.2. The minimum Gasteiger partial charge on any atom is -0.366 e. The molecule has 0 aliphatic carbocycles. The molecule has 0 fully saturated rings. The molecule has 0 atom stereocenters. The Balaban J connectivity index is 1.76. The second kappa shape index (κ2) is 8.50. The first-order valence-corrected chi connectivity index (χ1v) is 9.14. The second-order valence-electron chi connectivity index (χ2n) is 5.66. The summed E-state index contributed by atoms with van der Waals surface area (Å²) in [5.41, 5.74) is 1.87. The molecular formula is C21H18FN3S. The van der Waals surface area contributed by atoms with Crippen molar-refractivity contribution in [2.75, 3.05) is 11.4 Å². The Morgan fingerprint density at radius 2 is 1.69 bits per heavy atom. The molecule has 0 amide bonds. The van der Waals surface area contributed by atoms with Gasteiger partial charge in [-0.15, -0.1) is 0 Å². The predicted molar refractivity (Wildman–Crippen MR) is 103 cm³/mol. The van der Waals surface area contributed by atoms with Crippen LogP contribution in [0.3, 0.4) is 0 Å². The number of anilines is 1. The Morgan fingerprint density at radius 3 is 2.35 bits per heavy atom. The quantitative estimate of drug-likeness (QED) is 0.559. The Labute approximate surface area is 157 Å². The summed E-state index contributed by atoms with van der Waals surface area (Å²) < 4.78 is 13.5. The van der Waals surface area contributed by atoms with Gasteiger partial charge in [0, 0.05) is 22.0 Å². The first kappa shape index (κ1) is 18.0. The fourth-order valence-electron chi connectivity index (χ4n) is 2.61. The van der Waals surface area contributed by atoms with Crippen LogP contribution in [-0.4, -0.2) is 11.5 Å². The van der Waals surface area contributed by atoms with Crippen LogP contribution in [0.2, 0.25) is 0 Å². The Bertz CT molecular complexity index is 905. The van der Waals surface area contributed by atoms with Gasteiger partial charge in [-0.2, -0.15) is 9.65 Å². The van der Waals surface area contributed by atoms with Crippen LogP contribution in [0.25, 0.3) is 0 Å². The molecule has 1 heterocycles. The first-order chi connectivity index (χ1) is 12.7. The summed E-state index contributed by atoms with van der Waals surface area (Å²) in [6, 6.07) is 23.2. The Morgan fingerprint density at radius 1 is 1.00 bits per heavy atom. The maximum atomic E-state index is 13.5. The molecule has 2 aromatic carbocycles. The van der Waals surface area contributed by atoms with E-state index in [1.165, 1.54) is 17.0 Å². The van der Waals surface area contributed by atoms with Crippen molar-refractivity contribution in [2.24, 2.45) is 0 Å². The van der Waals surface area contributed by atoms with Crippen molar-refractivity contribution in [1.29, 1.82) is 5.26 Å². The number of pyridine rings is 1. The lowest BCUT2D eigenvalue weighted by Crippen LogP contribution is -2.23. The van der Waals surface area contributed by atoms with E-state index in [9.17, 15) is 9.65 Å². The first-order valence-electron chi connectivity index (χ1n) is 8.33. The standard InChI is InChI=1S/C21H18FN3S/c1-2-25(15-20-16(14-23)8-13-21(22)24-20)17-9-11-19(12-10-17)26-18-6-4-3-5-7-18/h3-13H,2,15H2,1H3. The van der Waals surface area contributed by atoms with Crippen molar-refractivity contribution in [3.63, 3.8) is 0 Å². The van der Waals surface area contributed by atoms with Crippen molar-refractivity contribution in [1.82, 2.24) is 4.98 Å². The molecule has 5 heteroatoms. The summed E-state index contributed by atoms with van der Waals surface area (Å²) in [5, 5.41) is 9.21. The van der Waals surface area contributed by atoms with E-state index in [2.05, 4.69) is 40.2 Å². The van der Waals surface area contributed by atoms with Crippen molar-refractivity contribution in [2.45, 2.75) is 23.3 Å². The SMILES string of the molecule is CCN(Cc1nc(F)ccc1C#N)c1ccc(Sc2ccccc2)cc1. The average molecular weight is 363 g/mol. The van der Waals surface area contributed by atoms with Crippen LogP contribution in [0.5, 0.6) is 0 Å². The highest BCUT2D eigenvalue weighted by Gasteiger charge is 2.11. The van der Waals surface area contributed by atoms with Gasteiger partial charge in [0.05, 0.1) is 17.8 Å². The molecule has 0 saturated carbocycles. The zero-order valence-electron chi connectivity index (χ0n) is 14.4. The molecule has 1 aromatic heterocycles. The third kappa shape index (κ3) is 4.41. The van der Waals surface area contributed by atoms with Gasteiger partial charge in [0.2, 0.25) is 5.95 Å². The van der Waals surface area contributed by atoms with Crippen molar-refractivity contribution in [3.05, 3.63) is 83.9 Å². The topological polar surface area (TPSA) is 39.9 Å². The molecule has 0 spiro atoms. The number of nitriles is 1. The molecule has 3 aromatic rings. The number of benzene rings is 2. The molecule has 0 saturated heterocycles. The van der Waals surface area contributed by atoms with Gasteiger partial charge in [0.1, 0.15) is 6.07 Å². The molecule has 0 N–H and O–H groups in total. The van der Waals surface area contributed by atoms with Crippen molar-refractivity contribution in [3.8, 4) is 6.07 Å². The number of rotatable bonds is 6. The zero-order chi connectivity index (χ0) is 18.4. The van der Waals surface area contributed by atoms with Crippen LogP contribution in [0.1, 0.15) is 18.2 Å². The molecule has 26 heavy (non-hydrogen) atoms. The fraction of sp³-hybridized carbons (Fsp3) is 0.143. The summed E-state index contributed by atoms with van der Waals surface area (Å²) in [7, 11) is 0. The van der Waals surface area contributed by atoms with Crippen LogP contribution < -0.4 is 4.90 Å². The molecule has 0 aliphatic heterocycles. The molecule has 130 valence electrons. The lowest BCUT2D eigenvalue weighted by molar-refractivity contribution is 0.574. The maximum absolute atomic E-state index is 13.5. The lowest BCUT2D eigenvalue weighted by atomic mass is 10.2. The highest BCUT2D eigenvalue weighted by molar-refractivity contribution is 7.99. The van der Waals surface area contributed by atoms with Crippen LogP contribution in [-0.2, 0) is 6.54 Å². The second-order valence-corrected chi connectivity index (χ2v) is 6.81. The number of hydrogen-bond donors (Lipinski definition) is 0. The van der Waals surface area contributed by atoms with E-state index in [0.717, 1.165) is 17.1 Å². The van der Waals surface area contributed by atoms with Gasteiger partial charge in [-0.1, -0.05) is 30.0 Å². The molecule has 3 nitrogen and oxygen atoms in total. The highest BCUT2D eigenvalue weighted by Crippen LogP contribution is 2.29. The van der Waals surface area contributed by atoms with Gasteiger partial charge >= 0.3 is 0 Å². The van der Waals surface area contributed by atoms with E-state index < -0.39 is 5.95 Å². The van der Waals surface area contributed by atoms with Gasteiger partial charge < -0.3 is 4.90 Å². The van der Waals surface area contributed by atoms with Gasteiger partial charge in [-0.3, -0.25) is 0 Å². The lowest BCUT2D eigenvalue weighted by Gasteiger charge is -2.23. The fourth-order valence-corrected chi connectivity index (χ4v) is 3.45. The van der Waals surface area contributed by atoms with Gasteiger partial charge in [0.15, 0.2) is 0 Å². The normalized spacial score (nSPS) is 10.3. The number of hydrogen-bond acceptors (Lipinski definition) is 4. The smallest absolute Gasteiger partial charge is 0.213 e. The van der Waals surface area contributed by atoms with Gasteiger partial charge in [0.25, 0.3) is 0 Å². The zero-order valence-corrected chi connectivity index (χ0v) is 15.2. The van der Waals surface area contributed by atoms with Crippen molar-refractivity contribution < 1.29 is 4.39 Å². The Kier molecular flexibility index (Phi) is 5.88. The van der Waals surface area contributed by atoms with E-state index in [0.29, 0.717) is 17.8 Å². The number of aromatic nitrogens is 1. The minimum absolute atomic E-state index is 0.391. The largest absolute Gasteiger partial charge is 0.366 e.